The van der Waals surface area contributed by atoms with Crippen LogP contribution in [0.5, 0.6) is 0 Å². The minimum atomic E-state index is 0.0757. The van der Waals surface area contributed by atoms with Crippen LogP contribution in [0.25, 0.3) is 16.9 Å². The number of nitrogens with zero attached hydrogens (tertiary/aromatic N) is 2. The van der Waals surface area contributed by atoms with Gasteiger partial charge in [0.25, 0.3) is 0 Å². The molecule has 0 aliphatic carbocycles. The van der Waals surface area contributed by atoms with Crippen LogP contribution in [-0.2, 0) is 64.2 Å². The van der Waals surface area contributed by atoms with Crippen LogP contribution in [0.3, 0.4) is 0 Å². The Bertz CT molecular complexity index is 1550. The SMILES string of the molecule is CCCCCc1cc(C2=C(C)C(CCCC)=C(c3cc(CCCCC)c(CCCCC)c(CCCCC)c3)[N+]2=[N-])cc(CCCCC)c1CCCCC.CCCC[O][Pd][O]CCCC. The Balaban J connectivity index is 0.00000112. The van der Waals surface area contributed by atoms with E-state index < -0.39 is 0 Å². The molecule has 2 aromatic rings. The van der Waals surface area contributed by atoms with Gasteiger partial charge in [-0.25, -0.2) is 4.70 Å². The molecule has 4 nitrogen and oxygen atoms in total. The molecule has 3 rings (SSSR count). The normalized spacial score (nSPS) is 12.9. The number of rotatable bonds is 37. The molecule has 0 spiro atoms. The van der Waals surface area contributed by atoms with Gasteiger partial charge in [-0.05, 0) is 154 Å². The summed E-state index contributed by atoms with van der Waals surface area (Å²) in [7, 11) is 0. The van der Waals surface area contributed by atoms with Crippen molar-refractivity contribution >= 4 is 11.4 Å². The summed E-state index contributed by atoms with van der Waals surface area (Å²) in [6, 6.07) is 10.0. The first-order valence-electron chi connectivity index (χ1n) is 27.4. The molecule has 0 N–H and O–H groups in total. The van der Waals surface area contributed by atoms with Crippen LogP contribution in [0.4, 0.5) is 0 Å². The molecular formula is C59H100N2O2Pd. The topological polar surface area (TPSA) is 43.8 Å². The predicted molar refractivity (Wildman–Crippen MR) is 277 cm³/mol. The molecule has 5 heteroatoms. The Morgan fingerprint density at radius 3 is 1.03 bits per heavy atom. The van der Waals surface area contributed by atoms with Gasteiger partial charge in [-0.2, -0.15) is 0 Å². The van der Waals surface area contributed by atoms with Gasteiger partial charge in [0.2, 0.25) is 11.4 Å². The molecule has 0 saturated carbocycles. The number of benzene rings is 2. The fraction of sp³-hybridized carbons (Fsp3) is 0.729. The molecule has 0 bridgehead atoms. The van der Waals surface area contributed by atoms with Gasteiger partial charge in [-0.3, -0.25) is 0 Å². The third-order valence-electron chi connectivity index (χ3n) is 13.2. The number of allylic oxidation sites excluding steroid dienone is 2. The van der Waals surface area contributed by atoms with Gasteiger partial charge in [0, 0.05) is 22.3 Å². The molecular weight excluding hydrogens is 875 g/mol. The molecule has 1 heterocycles. The van der Waals surface area contributed by atoms with Crippen LogP contribution < -0.4 is 0 Å². The predicted octanol–water partition coefficient (Wildman–Crippen LogP) is 19.0. The van der Waals surface area contributed by atoms with E-state index in [2.05, 4.69) is 93.5 Å². The summed E-state index contributed by atoms with van der Waals surface area (Å²) >= 11 is 0.0757. The third-order valence-corrected chi connectivity index (χ3v) is 14.2. The second-order valence-electron chi connectivity index (χ2n) is 18.9. The third kappa shape index (κ3) is 21.0. The van der Waals surface area contributed by atoms with Crippen molar-refractivity contribution in [3.63, 3.8) is 0 Å². The maximum atomic E-state index is 12.6. The molecule has 64 heavy (non-hydrogen) atoms. The number of hydrogen-bond donors (Lipinski definition) is 0. The van der Waals surface area contributed by atoms with Gasteiger partial charge < -0.3 is 5.53 Å². The van der Waals surface area contributed by atoms with E-state index in [0.29, 0.717) is 0 Å². The first-order valence-corrected chi connectivity index (χ1v) is 28.7. The van der Waals surface area contributed by atoms with E-state index in [0.717, 1.165) is 82.4 Å². The fourth-order valence-corrected chi connectivity index (χ4v) is 10.1. The number of unbranched alkanes of at least 4 members (excludes halogenated alkanes) is 15. The minimum absolute atomic E-state index is 0.0757. The van der Waals surface area contributed by atoms with Gasteiger partial charge in [-0.15, -0.1) is 0 Å². The van der Waals surface area contributed by atoms with E-state index in [1.165, 1.54) is 164 Å². The van der Waals surface area contributed by atoms with Crippen LogP contribution in [0, 0.1) is 0 Å². The molecule has 1 aliphatic heterocycles. The molecule has 0 amide bonds. The van der Waals surface area contributed by atoms with Crippen LogP contribution >= 0.6 is 0 Å². The van der Waals surface area contributed by atoms with E-state index in [1.807, 2.05) is 0 Å². The van der Waals surface area contributed by atoms with E-state index in [4.69, 9.17) is 6.92 Å². The van der Waals surface area contributed by atoms with Crippen LogP contribution in [0.15, 0.2) is 35.4 Å². The van der Waals surface area contributed by atoms with E-state index in [9.17, 15) is 5.53 Å². The first-order chi connectivity index (χ1) is 31.3. The van der Waals surface area contributed by atoms with Crippen LogP contribution in [0.1, 0.15) is 274 Å². The van der Waals surface area contributed by atoms with Gasteiger partial charge in [0.15, 0.2) is 0 Å². The van der Waals surface area contributed by atoms with Crippen molar-refractivity contribution in [3.8, 4) is 0 Å². The molecule has 2 aromatic carbocycles. The summed E-state index contributed by atoms with van der Waals surface area (Å²) < 4.78 is 12.2. The first kappa shape index (κ1) is 58.2. The monoisotopic (exact) mass is 975 g/mol. The van der Waals surface area contributed by atoms with Gasteiger partial charge in [0.1, 0.15) is 0 Å². The molecule has 368 valence electrons. The zero-order chi connectivity index (χ0) is 46.8. The van der Waals surface area contributed by atoms with Crippen LogP contribution in [0.2, 0.25) is 0 Å². The van der Waals surface area contributed by atoms with Crippen molar-refractivity contribution in [2.75, 3.05) is 13.2 Å². The number of hydrogen-bond acceptors (Lipinski definition) is 2. The summed E-state index contributed by atoms with van der Waals surface area (Å²) in [6.45, 7) is 24.6. The Kier molecular flexibility index (Phi) is 33.8. The summed E-state index contributed by atoms with van der Waals surface area (Å²) in [5.41, 5.74) is 29.3. The van der Waals surface area contributed by atoms with E-state index >= 15 is 0 Å². The van der Waals surface area contributed by atoms with Crippen molar-refractivity contribution in [1.82, 2.24) is 0 Å². The van der Waals surface area contributed by atoms with Crippen molar-refractivity contribution in [3.05, 3.63) is 85.5 Å². The second kappa shape index (κ2) is 37.1. The molecule has 0 atom stereocenters. The average molecular weight is 976 g/mol. The summed E-state index contributed by atoms with van der Waals surface area (Å²) in [4.78, 5) is 0. The Hall–Kier alpha value is -1.90. The van der Waals surface area contributed by atoms with Crippen molar-refractivity contribution in [1.29, 1.82) is 0 Å². The summed E-state index contributed by atoms with van der Waals surface area (Å²) in [6.07, 6.45) is 37.7. The Labute approximate surface area is 406 Å². The Morgan fingerprint density at radius 1 is 0.391 bits per heavy atom. The zero-order valence-corrected chi connectivity index (χ0v) is 45.2. The second-order valence-corrected chi connectivity index (χ2v) is 20.0. The maximum absolute atomic E-state index is 12.6. The molecule has 1 aliphatic rings. The molecule has 0 saturated heterocycles. The Morgan fingerprint density at radius 2 is 0.703 bits per heavy atom. The van der Waals surface area contributed by atoms with Gasteiger partial charge in [0.05, 0.1) is 0 Å². The summed E-state index contributed by atoms with van der Waals surface area (Å²) in [5, 5.41) is 0. The van der Waals surface area contributed by atoms with Crippen molar-refractivity contribution in [2.45, 2.75) is 268 Å². The van der Waals surface area contributed by atoms with E-state index in [1.54, 1.807) is 38.1 Å². The molecule has 0 aromatic heterocycles. The standard InChI is InChI=1S/C51H82N2.2C4H9O.Pd/c1-9-16-23-29-41-36-45(37-42(30-24-17-10-2)48(41)34-27-20-13-5)50-40(8)47(33-22-15-7)51(53(50)52)46-38-43(31-25-18-11-3)49(35-28-21-14-6)44(39-46)32-26-19-12-4;2*1-2-3-4-5;/h36-39H,9-35H2,1-8H3;2*2-4H2,1H3;/q;2*-1;+2. The van der Waals surface area contributed by atoms with Gasteiger partial charge >= 0.3 is 78.4 Å². The molecule has 0 fully saturated rings. The van der Waals surface area contributed by atoms with Gasteiger partial charge in [-0.1, -0.05) is 132 Å². The van der Waals surface area contributed by atoms with Crippen molar-refractivity contribution in [2.24, 2.45) is 0 Å². The zero-order valence-electron chi connectivity index (χ0n) is 43.7. The average Bonchev–Trinajstić information content (AvgIpc) is 3.54. The van der Waals surface area contributed by atoms with Crippen LogP contribution in [-0.4, -0.2) is 17.9 Å². The summed E-state index contributed by atoms with van der Waals surface area (Å²) in [5.74, 6) is 0. The quantitative estimate of drug-likeness (QED) is 0.0385. The number of aryl methyl sites for hydroxylation is 4. The van der Waals surface area contributed by atoms with E-state index in [-0.39, 0.29) is 18.7 Å². The molecule has 0 unspecified atom stereocenters. The molecule has 0 radical (unpaired) electrons. The van der Waals surface area contributed by atoms with Crippen molar-refractivity contribution < 1.29 is 30.3 Å². The fourth-order valence-electron chi connectivity index (χ4n) is 9.24.